The Morgan fingerprint density at radius 2 is 2.05 bits per heavy atom. The van der Waals surface area contributed by atoms with Crippen LogP contribution in [-0.4, -0.2) is 25.3 Å². The van der Waals surface area contributed by atoms with Gasteiger partial charge in [0.05, 0.1) is 5.69 Å². The monoisotopic (exact) mass is 316 g/mol. The molecule has 1 amide bonds. The number of carbonyl (C=O) groups excluding carboxylic acids is 1. The zero-order valence-corrected chi connectivity index (χ0v) is 13.1. The number of amides is 1. The second kappa shape index (κ2) is 6.40. The summed E-state index contributed by atoms with van der Waals surface area (Å²) in [7, 11) is 2.04. The summed E-state index contributed by atoms with van der Waals surface area (Å²) in [6.07, 6.45) is 0. The van der Waals surface area contributed by atoms with Crippen molar-refractivity contribution in [1.29, 1.82) is 0 Å². The van der Waals surface area contributed by atoms with E-state index in [-0.39, 0.29) is 11.7 Å². The Bertz CT molecular complexity index is 688. The molecule has 0 spiro atoms. The fourth-order valence-electron chi connectivity index (χ4n) is 2.38. The maximum atomic E-state index is 12.9. The molecule has 0 saturated heterocycles. The Kier molecular flexibility index (Phi) is 4.34. The number of halogens is 1. The summed E-state index contributed by atoms with van der Waals surface area (Å²) < 4.78 is 12.9. The number of carbonyl (C=O) groups is 1. The molecule has 5 heteroatoms. The number of fused-ring (bicyclic) bond motifs is 1. The van der Waals surface area contributed by atoms with Crippen LogP contribution in [0.2, 0.25) is 0 Å². The van der Waals surface area contributed by atoms with Crippen molar-refractivity contribution in [2.75, 3.05) is 24.2 Å². The third-order valence-corrected chi connectivity index (χ3v) is 4.73. The van der Waals surface area contributed by atoms with Crippen LogP contribution in [0.3, 0.4) is 0 Å². The van der Waals surface area contributed by atoms with E-state index in [0.29, 0.717) is 12.1 Å². The predicted octanol–water partition coefficient (Wildman–Crippen LogP) is 3.30. The molecule has 3 nitrogen and oxygen atoms in total. The Labute approximate surface area is 133 Å². The van der Waals surface area contributed by atoms with Crippen molar-refractivity contribution in [2.24, 2.45) is 0 Å². The highest BCUT2D eigenvalue weighted by molar-refractivity contribution is 7.99. The van der Waals surface area contributed by atoms with Crippen molar-refractivity contribution in [3.8, 4) is 0 Å². The molecule has 0 unspecified atom stereocenters. The summed E-state index contributed by atoms with van der Waals surface area (Å²) >= 11 is 1.82. The molecule has 0 fully saturated rings. The van der Waals surface area contributed by atoms with Gasteiger partial charge in [0.2, 0.25) is 0 Å². The third-order valence-electron chi connectivity index (χ3n) is 3.68. The molecule has 114 valence electrons. The molecule has 1 N–H and O–H groups in total. The summed E-state index contributed by atoms with van der Waals surface area (Å²) in [5.74, 6) is 0.681. The zero-order chi connectivity index (χ0) is 15.5. The fourth-order valence-corrected chi connectivity index (χ4v) is 3.49. The second-order valence-corrected chi connectivity index (χ2v) is 6.40. The first kappa shape index (κ1) is 14.9. The van der Waals surface area contributed by atoms with E-state index in [4.69, 9.17) is 0 Å². The van der Waals surface area contributed by atoms with Gasteiger partial charge in [-0.05, 0) is 35.9 Å². The van der Waals surface area contributed by atoms with Crippen LogP contribution in [0.4, 0.5) is 10.1 Å². The molecular weight excluding hydrogens is 299 g/mol. The molecular formula is C17H17FN2OS. The molecule has 2 aromatic rings. The minimum Gasteiger partial charge on any atom is -0.373 e. The van der Waals surface area contributed by atoms with E-state index in [2.05, 4.69) is 10.2 Å². The van der Waals surface area contributed by atoms with E-state index >= 15 is 0 Å². The van der Waals surface area contributed by atoms with Crippen molar-refractivity contribution < 1.29 is 9.18 Å². The SMILES string of the molecule is CN1CCSc2ccc(C(=O)NCc3ccc(F)cc3)cc21. The summed E-state index contributed by atoms with van der Waals surface area (Å²) in [5.41, 5.74) is 2.63. The van der Waals surface area contributed by atoms with Crippen molar-refractivity contribution >= 4 is 23.4 Å². The zero-order valence-electron chi connectivity index (χ0n) is 12.3. The molecule has 0 radical (unpaired) electrons. The van der Waals surface area contributed by atoms with Crippen LogP contribution < -0.4 is 10.2 Å². The van der Waals surface area contributed by atoms with Crippen LogP contribution in [0.15, 0.2) is 47.4 Å². The largest absolute Gasteiger partial charge is 0.373 e. The first-order valence-corrected chi connectivity index (χ1v) is 8.13. The number of anilines is 1. The van der Waals surface area contributed by atoms with Crippen LogP contribution in [0.1, 0.15) is 15.9 Å². The highest BCUT2D eigenvalue weighted by Crippen LogP contribution is 2.34. The van der Waals surface area contributed by atoms with E-state index in [1.807, 2.05) is 37.0 Å². The molecule has 1 aliphatic rings. The quantitative estimate of drug-likeness (QED) is 0.943. The second-order valence-electron chi connectivity index (χ2n) is 5.26. The number of hydrogen-bond donors (Lipinski definition) is 1. The van der Waals surface area contributed by atoms with Crippen LogP contribution in [-0.2, 0) is 6.54 Å². The number of rotatable bonds is 3. The van der Waals surface area contributed by atoms with Crippen molar-refractivity contribution in [2.45, 2.75) is 11.4 Å². The molecule has 1 heterocycles. The smallest absolute Gasteiger partial charge is 0.251 e. The van der Waals surface area contributed by atoms with Gasteiger partial charge < -0.3 is 10.2 Å². The van der Waals surface area contributed by atoms with Crippen LogP contribution in [0.5, 0.6) is 0 Å². The number of nitrogens with zero attached hydrogens (tertiary/aromatic N) is 1. The highest BCUT2D eigenvalue weighted by Gasteiger charge is 2.16. The van der Waals surface area contributed by atoms with Gasteiger partial charge in [-0.3, -0.25) is 4.79 Å². The first-order chi connectivity index (χ1) is 10.6. The average Bonchev–Trinajstić information content (AvgIpc) is 2.54. The molecule has 22 heavy (non-hydrogen) atoms. The maximum absolute atomic E-state index is 12.9. The van der Waals surface area contributed by atoms with Crippen molar-refractivity contribution in [1.82, 2.24) is 5.32 Å². The lowest BCUT2D eigenvalue weighted by Crippen LogP contribution is -2.26. The van der Waals surface area contributed by atoms with Gasteiger partial charge in [-0.1, -0.05) is 12.1 Å². The van der Waals surface area contributed by atoms with Crippen molar-refractivity contribution in [3.63, 3.8) is 0 Å². The topological polar surface area (TPSA) is 32.3 Å². The Morgan fingerprint density at radius 1 is 1.27 bits per heavy atom. The minimum absolute atomic E-state index is 0.115. The van der Waals surface area contributed by atoms with E-state index in [1.54, 1.807) is 12.1 Å². The van der Waals surface area contributed by atoms with E-state index in [1.165, 1.54) is 17.0 Å². The lowest BCUT2D eigenvalue weighted by Gasteiger charge is -2.27. The fraction of sp³-hybridized carbons (Fsp3) is 0.235. The number of nitrogens with one attached hydrogen (secondary N) is 1. The highest BCUT2D eigenvalue weighted by atomic mass is 32.2. The van der Waals surface area contributed by atoms with Crippen LogP contribution in [0, 0.1) is 5.82 Å². The first-order valence-electron chi connectivity index (χ1n) is 7.14. The maximum Gasteiger partial charge on any atom is 0.251 e. The number of thioether (sulfide) groups is 1. The molecule has 0 aliphatic carbocycles. The van der Waals surface area contributed by atoms with Crippen molar-refractivity contribution in [3.05, 3.63) is 59.4 Å². The minimum atomic E-state index is -0.273. The summed E-state index contributed by atoms with van der Waals surface area (Å²) in [6.45, 7) is 1.37. The summed E-state index contributed by atoms with van der Waals surface area (Å²) in [5, 5.41) is 2.87. The van der Waals surface area contributed by atoms with Gasteiger partial charge in [-0.25, -0.2) is 4.39 Å². The normalized spacial score (nSPS) is 13.6. The van der Waals surface area contributed by atoms with Gasteiger partial charge >= 0.3 is 0 Å². The molecule has 0 saturated carbocycles. The summed E-state index contributed by atoms with van der Waals surface area (Å²) in [6, 6.07) is 11.9. The van der Waals surface area contributed by atoms with E-state index in [9.17, 15) is 9.18 Å². The van der Waals surface area contributed by atoms with Gasteiger partial charge in [-0.2, -0.15) is 0 Å². The molecule has 0 atom stereocenters. The van der Waals surface area contributed by atoms with Gasteiger partial charge in [-0.15, -0.1) is 11.8 Å². The van der Waals surface area contributed by atoms with Crippen LogP contribution >= 0.6 is 11.8 Å². The lowest BCUT2D eigenvalue weighted by atomic mass is 10.1. The van der Waals surface area contributed by atoms with Gasteiger partial charge in [0.25, 0.3) is 5.91 Å². The molecule has 3 rings (SSSR count). The summed E-state index contributed by atoms with van der Waals surface area (Å²) in [4.78, 5) is 15.6. The molecule has 2 aromatic carbocycles. The number of hydrogen-bond acceptors (Lipinski definition) is 3. The number of benzene rings is 2. The van der Waals surface area contributed by atoms with Gasteiger partial charge in [0.15, 0.2) is 0 Å². The third kappa shape index (κ3) is 3.25. The van der Waals surface area contributed by atoms with Gasteiger partial charge in [0, 0.05) is 36.3 Å². The molecule has 0 bridgehead atoms. The van der Waals surface area contributed by atoms with Gasteiger partial charge in [0.1, 0.15) is 5.82 Å². The molecule has 0 aromatic heterocycles. The molecule has 1 aliphatic heterocycles. The Balaban J connectivity index is 1.70. The predicted molar refractivity (Wildman–Crippen MR) is 88.0 cm³/mol. The van der Waals surface area contributed by atoms with E-state index in [0.717, 1.165) is 23.5 Å². The average molecular weight is 316 g/mol. The van der Waals surface area contributed by atoms with E-state index < -0.39 is 0 Å². The lowest BCUT2D eigenvalue weighted by molar-refractivity contribution is 0.0951. The van der Waals surface area contributed by atoms with Crippen LogP contribution in [0.25, 0.3) is 0 Å². The standard InChI is InChI=1S/C17H17FN2OS/c1-20-8-9-22-16-7-4-13(10-15(16)20)17(21)19-11-12-2-5-14(18)6-3-12/h2-7,10H,8-9,11H2,1H3,(H,19,21). The Hall–Kier alpha value is -2.01. The Morgan fingerprint density at radius 3 is 2.82 bits per heavy atom.